The molecular weight excluding hydrogens is 380 g/mol. The Morgan fingerprint density at radius 2 is 1.92 bits per heavy atom. The molecule has 13 heteroatoms. The van der Waals surface area contributed by atoms with Gasteiger partial charge in [0.1, 0.15) is 6.29 Å². The van der Waals surface area contributed by atoms with Crippen molar-refractivity contribution < 1.29 is 27.5 Å². The highest BCUT2D eigenvalue weighted by atomic mass is 31.2. The molecule has 0 spiro atoms. The fraction of sp³-hybridized carbons (Fsp3) is 0.154. The van der Waals surface area contributed by atoms with E-state index in [9.17, 15) is 27.3 Å². The summed E-state index contributed by atoms with van der Waals surface area (Å²) in [5, 5.41) is 0. The number of nitrogens with one attached hydrogen (secondary N) is 1. The normalized spacial score (nSPS) is 12.7. The highest BCUT2D eigenvalue weighted by molar-refractivity contribution is 7.50. The molecule has 0 unspecified atom stereocenters. The van der Waals surface area contributed by atoms with Crippen LogP contribution in [0, 0.1) is 0 Å². The average molecular weight is 390 g/mol. The van der Waals surface area contributed by atoms with E-state index in [1.54, 1.807) is 0 Å². The first-order valence-electron chi connectivity index (χ1n) is 6.88. The third-order valence-electron chi connectivity index (χ3n) is 3.51. The Hall–Kier alpha value is -2.69. The summed E-state index contributed by atoms with van der Waals surface area (Å²) in [6.45, 7) is 0. The van der Waals surface area contributed by atoms with Crippen LogP contribution in [-0.2, 0) is 17.0 Å². The van der Waals surface area contributed by atoms with Crippen LogP contribution in [0.25, 0.3) is 16.7 Å². The molecular formula is C13H10F3N4O5P. The van der Waals surface area contributed by atoms with Gasteiger partial charge in [-0.3, -0.25) is 18.7 Å². The Bertz CT molecular complexity index is 1140. The molecule has 0 fully saturated rings. The third-order valence-corrected chi connectivity index (χ3v) is 4.16. The number of rotatable bonds is 3. The van der Waals surface area contributed by atoms with Crippen molar-refractivity contribution in [2.45, 2.75) is 12.5 Å². The van der Waals surface area contributed by atoms with E-state index in [1.165, 1.54) is 12.4 Å². The van der Waals surface area contributed by atoms with Crippen LogP contribution in [0.4, 0.5) is 13.2 Å². The minimum absolute atomic E-state index is 0.269. The summed E-state index contributed by atoms with van der Waals surface area (Å²) < 4.78 is 53.0. The second-order valence-electron chi connectivity index (χ2n) is 5.35. The van der Waals surface area contributed by atoms with E-state index in [1.807, 2.05) is 4.98 Å². The zero-order chi connectivity index (χ0) is 19.3. The molecule has 2 heterocycles. The Kier molecular flexibility index (Phi) is 4.14. The SMILES string of the molecule is O=c1[nH]c2cc(C(F)(F)F)c(-n3ccnc3)cc2n(CP(=O)(O)O)c1=O. The van der Waals surface area contributed by atoms with Crippen LogP contribution in [0.1, 0.15) is 5.56 Å². The molecule has 0 atom stereocenters. The number of nitrogens with zero attached hydrogens (tertiary/aromatic N) is 3. The van der Waals surface area contributed by atoms with Crippen LogP contribution in [0.15, 0.2) is 40.4 Å². The van der Waals surface area contributed by atoms with Gasteiger partial charge in [-0.25, -0.2) is 4.98 Å². The van der Waals surface area contributed by atoms with Crippen molar-refractivity contribution in [1.82, 2.24) is 19.1 Å². The highest BCUT2D eigenvalue weighted by Crippen LogP contribution is 2.38. The molecule has 0 bridgehead atoms. The van der Waals surface area contributed by atoms with Gasteiger partial charge in [0, 0.05) is 12.4 Å². The summed E-state index contributed by atoms with van der Waals surface area (Å²) in [4.78, 5) is 47.6. The lowest BCUT2D eigenvalue weighted by Gasteiger charge is -2.17. The first-order chi connectivity index (χ1) is 12.0. The largest absolute Gasteiger partial charge is 0.418 e. The van der Waals surface area contributed by atoms with Crippen LogP contribution < -0.4 is 11.1 Å². The van der Waals surface area contributed by atoms with Crippen molar-refractivity contribution in [1.29, 1.82) is 0 Å². The van der Waals surface area contributed by atoms with Crippen molar-refractivity contribution in [2.24, 2.45) is 0 Å². The van der Waals surface area contributed by atoms with Crippen LogP contribution in [0.2, 0.25) is 0 Å². The number of hydrogen-bond donors (Lipinski definition) is 3. The number of alkyl halides is 3. The van der Waals surface area contributed by atoms with E-state index < -0.39 is 42.4 Å². The van der Waals surface area contributed by atoms with Gasteiger partial charge >= 0.3 is 24.9 Å². The van der Waals surface area contributed by atoms with Gasteiger partial charge < -0.3 is 19.3 Å². The molecule has 0 aliphatic rings. The number of aromatic nitrogens is 4. The lowest BCUT2D eigenvalue weighted by molar-refractivity contribution is -0.137. The molecule has 3 N–H and O–H groups in total. The zero-order valence-electron chi connectivity index (χ0n) is 12.6. The van der Waals surface area contributed by atoms with Crippen molar-refractivity contribution in [3.05, 3.63) is 57.1 Å². The predicted octanol–water partition coefficient (Wildman–Crippen LogP) is 1.03. The van der Waals surface area contributed by atoms with Gasteiger partial charge in [-0.05, 0) is 12.1 Å². The maximum atomic E-state index is 13.4. The fourth-order valence-corrected chi connectivity index (χ4v) is 3.12. The van der Waals surface area contributed by atoms with Crippen LogP contribution in [-0.4, -0.2) is 28.9 Å². The maximum Gasteiger partial charge on any atom is 0.418 e. The molecule has 26 heavy (non-hydrogen) atoms. The van der Waals surface area contributed by atoms with Gasteiger partial charge in [0.05, 0.1) is 28.6 Å². The Morgan fingerprint density at radius 1 is 1.23 bits per heavy atom. The molecule has 138 valence electrons. The first-order valence-corrected chi connectivity index (χ1v) is 8.68. The molecule has 0 saturated carbocycles. The lowest BCUT2D eigenvalue weighted by Crippen LogP contribution is -2.36. The molecule has 0 amide bonds. The summed E-state index contributed by atoms with van der Waals surface area (Å²) in [7, 11) is -4.79. The molecule has 3 aromatic rings. The van der Waals surface area contributed by atoms with Gasteiger partial charge in [-0.1, -0.05) is 0 Å². The zero-order valence-corrected chi connectivity index (χ0v) is 13.5. The van der Waals surface area contributed by atoms with Crippen LogP contribution in [0.5, 0.6) is 0 Å². The average Bonchev–Trinajstić information content (AvgIpc) is 3.03. The van der Waals surface area contributed by atoms with E-state index in [0.717, 1.165) is 17.0 Å². The smallest absolute Gasteiger partial charge is 0.323 e. The molecule has 0 aliphatic heterocycles. The Balaban J connectivity index is 2.45. The van der Waals surface area contributed by atoms with Crippen molar-refractivity contribution in [3.8, 4) is 5.69 Å². The molecule has 0 saturated heterocycles. The summed E-state index contributed by atoms with van der Waals surface area (Å²) in [6, 6.07) is 1.51. The molecule has 0 radical (unpaired) electrons. The molecule has 0 aliphatic carbocycles. The fourth-order valence-electron chi connectivity index (χ4n) is 2.48. The third kappa shape index (κ3) is 3.34. The maximum absolute atomic E-state index is 13.4. The summed E-state index contributed by atoms with van der Waals surface area (Å²) >= 11 is 0. The summed E-state index contributed by atoms with van der Waals surface area (Å²) in [6.07, 6.45) is -2.39. The van der Waals surface area contributed by atoms with Gasteiger partial charge in [-0.2, -0.15) is 13.2 Å². The van der Waals surface area contributed by atoms with Gasteiger partial charge in [0.2, 0.25) is 0 Å². The summed E-state index contributed by atoms with van der Waals surface area (Å²) in [5.41, 5.74) is -4.80. The van der Waals surface area contributed by atoms with E-state index >= 15 is 0 Å². The van der Waals surface area contributed by atoms with Crippen LogP contribution >= 0.6 is 7.60 Å². The lowest BCUT2D eigenvalue weighted by atomic mass is 10.1. The first kappa shape index (κ1) is 18.1. The van der Waals surface area contributed by atoms with E-state index in [-0.39, 0.29) is 11.0 Å². The molecule has 3 rings (SSSR count). The van der Waals surface area contributed by atoms with E-state index in [4.69, 9.17) is 9.79 Å². The number of aromatic amines is 1. The monoisotopic (exact) mass is 390 g/mol. The number of benzene rings is 1. The number of imidazole rings is 1. The molecule has 2 aromatic heterocycles. The summed E-state index contributed by atoms with van der Waals surface area (Å²) in [5.74, 6) is 0. The quantitative estimate of drug-likeness (QED) is 0.452. The number of hydrogen-bond acceptors (Lipinski definition) is 4. The number of halogens is 3. The highest BCUT2D eigenvalue weighted by Gasteiger charge is 2.35. The number of fused-ring (bicyclic) bond motifs is 1. The minimum Gasteiger partial charge on any atom is -0.323 e. The topological polar surface area (TPSA) is 130 Å². The van der Waals surface area contributed by atoms with Gasteiger partial charge in [0.25, 0.3) is 0 Å². The second kappa shape index (κ2) is 5.94. The standard InChI is InChI=1S/C13H10F3N4O5P/c14-13(15,16)7-3-8-10(4-9(7)19-2-1-17-5-19)20(6-26(23,24)25)12(22)11(21)18-8/h1-5H,6H2,(H,18,21)(H2,23,24,25). The van der Waals surface area contributed by atoms with Gasteiger partial charge in [-0.15, -0.1) is 0 Å². The van der Waals surface area contributed by atoms with Crippen LogP contribution in [0.3, 0.4) is 0 Å². The van der Waals surface area contributed by atoms with Crippen molar-refractivity contribution in [3.63, 3.8) is 0 Å². The van der Waals surface area contributed by atoms with E-state index in [2.05, 4.69) is 4.98 Å². The van der Waals surface area contributed by atoms with Crippen molar-refractivity contribution >= 4 is 18.6 Å². The van der Waals surface area contributed by atoms with E-state index in [0.29, 0.717) is 10.6 Å². The predicted molar refractivity (Wildman–Crippen MR) is 83.0 cm³/mol. The second-order valence-corrected chi connectivity index (χ2v) is 6.96. The van der Waals surface area contributed by atoms with Gasteiger partial charge in [0.15, 0.2) is 0 Å². The molecule has 9 nitrogen and oxygen atoms in total. The number of H-pyrrole nitrogens is 1. The Labute approximate surface area is 141 Å². The Morgan fingerprint density at radius 3 is 2.46 bits per heavy atom. The van der Waals surface area contributed by atoms with Crippen molar-refractivity contribution in [2.75, 3.05) is 0 Å². The minimum atomic E-state index is -4.80. The molecule has 1 aromatic carbocycles.